The first-order valence-corrected chi connectivity index (χ1v) is 7.84. The summed E-state index contributed by atoms with van der Waals surface area (Å²) in [6.45, 7) is 0.862. The molecule has 0 radical (unpaired) electrons. The maximum atomic E-state index is 5.76. The average Bonchev–Trinajstić information content (AvgIpc) is 2.97. The lowest BCUT2D eigenvalue weighted by Crippen LogP contribution is -2.09. The molecule has 2 nitrogen and oxygen atoms in total. The van der Waals surface area contributed by atoms with E-state index in [2.05, 4.69) is 50.3 Å². The van der Waals surface area contributed by atoms with Crippen molar-refractivity contribution in [3.8, 4) is 0 Å². The molecule has 0 saturated carbocycles. The number of nitrogens with zero attached hydrogens (tertiary/aromatic N) is 1. The second kappa shape index (κ2) is 5.07. The van der Waals surface area contributed by atoms with Gasteiger partial charge in [-0.25, -0.2) is 0 Å². The van der Waals surface area contributed by atoms with Gasteiger partial charge in [0.1, 0.15) is 4.99 Å². The van der Waals surface area contributed by atoms with Gasteiger partial charge in [-0.1, -0.05) is 24.4 Å². The van der Waals surface area contributed by atoms with E-state index in [9.17, 15) is 0 Å². The maximum absolute atomic E-state index is 5.76. The van der Waals surface area contributed by atoms with Gasteiger partial charge in [0.15, 0.2) is 0 Å². The van der Waals surface area contributed by atoms with E-state index in [0.717, 1.165) is 27.5 Å². The summed E-state index contributed by atoms with van der Waals surface area (Å²) in [5, 5.41) is 3.21. The molecular formula is C14H11BrN2S2. The molecule has 0 spiro atoms. The van der Waals surface area contributed by atoms with E-state index in [1.165, 1.54) is 4.88 Å². The maximum Gasteiger partial charge on any atom is 0.104 e. The Hall–Kier alpha value is -1.17. The lowest BCUT2D eigenvalue weighted by atomic mass is 10.1. The van der Waals surface area contributed by atoms with Crippen molar-refractivity contribution in [2.75, 3.05) is 0 Å². The molecular weight excluding hydrogens is 340 g/mol. The van der Waals surface area contributed by atoms with Crippen LogP contribution in [0, 0.1) is 0 Å². The number of aromatic nitrogens is 1. The summed E-state index contributed by atoms with van der Waals surface area (Å²) in [4.78, 5) is 1.76. The highest BCUT2D eigenvalue weighted by atomic mass is 79.9. The van der Waals surface area contributed by atoms with Crippen LogP contribution in [0.4, 0.5) is 0 Å². The van der Waals surface area contributed by atoms with Crippen molar-refractivity contribution in [1.29, 1.82) is 0 Å². The fourth-order valence-corrected chi connectivity index (χ4v) is 3.81. The molecule has 1 aromatic carbocycles. The standard InChI is InChI=1S/C14H11BrN2S2/c15-9-6-10(19-8-9)7-17-5-4-11-12(14(16)18)2-1-3-13(11)17/h1-6,8H,7H2,(H2,16,18). The van der Waals surface area contributed by atoms with Crippen molar-refractivity contribution in [2.45, 2.75) is 6.54 Å². The highest BCUT2D eigenvalue weighted by Crippen LogP contribution is 2.24. The summed E-state index contributed by atoms with van der Waals surface area (Å²) in [5.41, 5.74) is 7.87. The molecule has 19 heavy (non-hydrogen) atoms. The monoisotopic (exact) mass is 350 g/mol. The van der Waals surface area contributed by atoms with Crippen molar-refractivity contribution in [3.63, 3.8) is 0 Å². The van der Waals surface area contributed by atoms with Gasteiger partial charge >= 0.3 is 0 Å². The fourth-order valence-electron chi connectivity index (χ4n) is 2.18. The van der Waals surface area contributed by atoms with Crippen LogP contribution in [0.3, 0.4) is 0 Å². The number of halogens is 1. The summed E-state index contributed by atoms with van der Waals surface area (Å²) in [5.74, 6) is 0. The summed E-state index contributed by atoms with van der Waals surface area (Å²) in [6.07, 6.45) is 2.08. The number of thiocarbonyl (C=S) groups is 1. The minimum Gasteiger partial charge on any atom is -0.389 e. The lowest BCUT2D eigenvalue weighted by molar-refractivity contribution is 0.851. The summed E-state index contributed by atoms with van der Waals surface area (Å²) in [7, 11) is 0. The molecule has 0 fully saturated rings. The molecule has 0 bridgehead atoms. The Labute approximate surface area is 129 Å². The van der Waals surface area contributed by atoms with Crippen LogP contribution in [0.15, 0.2) is 46.4 Å². The number of hydrogen-bond donors (Lipinski definition) is 1. The van der Waals surface area contributed by atoms with Crippen LogP contribution in [-0.2, 0) is 6.54 Å². The molecule has 5 heteroatoms. The predicted octanol–water partition coefficient (Wildman–Crippen LogP) is 4.15. The molecule has 2 N–H and O–H groups in total. The van der Waals surface area contributed by atoms with Crippen molar-refractivity contribution in [1.82, 2.24) is 4.57 Å². The van der Waals surface area contributed by atoms with E-state index >= 15 is 0 Å². The van der Waals surface area contributed by atoms with Gasteiger partial charge in [0.05, 0.1) is 6.54 Å². The average molecular weight is 351 g/mol. The molecule has 3 rings (SSSR count). The van der Waals surface area contributed by atoms with Gasteiger partial charge in [0.25, 0.3) is 0 Å². The first-order chi connectivity index (χ1) is 9.15. The van der Waals surface area contributed by atoms with Crippen LogP contribution in [0.5, 0.6) is 0 Å². The molecule has 0 aliphatic rings. The Morgan fingerprint density at radius 3 is 2.89 bits per heavy atom. The van der Waals surface area contributed by atoms with Crippen molar-refractivity contribution < 1.29 is 0 Å². The molecule has 0 amide bonds. The quantitative estimate of drug-likeness (QED) is 0.719. The Kier molecular flexibility index (Phi) is 3.43. The smallest absolute Gasteiger partial charge is 0.104 e. The molecule has 2 aromatic heterocycles. The van der Waals surface area contributed by atoms with Gasteiger partial charge in [0.2, 0.25) is 0 Å². The highest BCUT2D eigenvalue weighted by molar-refractivity contribution is 9.10. The third kappa shape index (κ3) is 2.45. The van der Waals surface area contributed by atoms with Crippen molar-refractivity contribution in [2.24, 2.45) is 5.73 Å². The number of fused-ring (bicyclic) bond motifs is 1. The normalized spacial score (nSPS) is 11.0. The molecule has 3 aromatic rings. The van der Waals surface area contributed by atoms with Gasteiger partial charge in [-0.2, -0.15) is 0 Å². The zero-order valence-corrected chi connectivity index (χ0v) is 13.2. The largest absolute Gasteiger partial charge is 0.389 e. The SMILES string of the molecule is NC(=S)c1cccc2c1ccn2Cc1cc(Br)cs1. The van der Waals surface area contributed by atoms with Gasteiger partial charge in [0, 0.05) is 37.4 Å². The van der Waals surface area contributed by atoms with Crippen LogP contribution >= 0.6 is 39.5 Å². The molecule has 96 valence electrons. The molecule has 0 atom stereocenters. The van der Waals surface area contributed by atoms with Gasteiger partial charge < -0.3 is 10.3 Å². The summed E-state index contributed by atoms with van der Waals surface area (Å²) in [6, 6.07) is 10.3. The molecule has 0 aliphatic carbocycles. The zero-order valence-electron chi connectivity index (χ0n) is 9.97. The van der Waals surface area contributed by atoms with Crippen molar-refractivity contribution in [3.05, 3.63) is 56.8 Å². The third-order valence-electron chi connectivity index (χ3n) is 3.03. The van der Waals surface area contributed by atoms with Gasteiger partial charge in [-0.05, 0) is 34.1 Å². The molecule has 0 unspecified atom stereocenters. The predicted molar refractivity (Wildman–Crippen MR) is 88.9 cm³/mol. The Balaban J connectivity index is 2.06. The number of benzene rings is 1. The summed E-state index contributed by atoms with van der Waals surface area (Å²) < 4.78 is 3.35. The molecule has 0 saturated heterocycles. The first-order valence-electron chi connectivity index (χ1n) is 5.76. The Morgan fingerprint density at radius 2 is 2.21 bits per heavy atom. The van der Waals surface area contributed by atoms with Gasteiger partial charge in [-0.15, -0.1) is 11.3 Å². The first kappa shape index (κ1) is 12.8. The Bertz CT molecular complexity index is 758. The minimum absolute atomic E-state index is 0.446. The van der Waals surface area contributed by atoms with Gasteiger partial charge in [-0.3, -0.25) is 0 Å². The molecule has 0 aliphatic heterocycles. The van der Waals surface area contributed by atoms with E-state index in [0.29, 0.717) is 4.99 Å². The van der Waals surface area contributed by atoms with Crippen LogP contribution in [0.2, 0.25) is 0 Å². The zero-order chi connectivity index (χ0) is 13.4. The van der Waals surface area contributed by atoms with Crippen LogP contribution in [-0.4, -0.2) is 9.56 Å². The topological polar surface area (TPSA) is 30.9 Å². The second-order valence-corrected chi connectivity index (χ2v) is 6.63. The van der Waals surface area contributed by atoms with Crippen LogP contribution in [0.1, 0.15) is 10.4 Å². The highest BCUT2D eigenvalue weighted by Gasteiger charge is 2.08. The summed E-state index contributed by atoms with van der Waals surface area (Å²) >= 11 is 10.3. The van der Waals surface area contributed by atoms with Crippen LogP contribution < -0.4 is 5.73 Å². The van der Waals surface area contributed by atoms with Crippen molar-refractivity contribution >= 4 is 55.4 Å². The van der Waals surface area contributed by atoms with Crippen LogP contribution in [0.25, 0.3) is 10.9 Å². The number of rotatable bonds is 3. The third-order valence-corrected chi connectivity index (χ3v) is 4.93. The second-order valence-electron chi connectivity index (χ2n) is 4.28. The number of hydrogen-bond acceptors (Lipinski definition) is 2. The fraction of sp³-hybridized carbons (Fsp3) is 0.0714. The van der Waals surface area contributed by atoms with E-state index in [1.807, 2.05) is 12.1 Å². The number of thiophene rings is 1. The number of nitrogens with two attached hydrogens (primary N) is 1. The molecule has 2 heterocycles. The lowest BCUT2D eigenvalue weighted by Gasteiger charge is -2.05. The van der Waals surface area contributed by atoms with E-state index in [-0.39, 0.29) is 0 Å². The Morgan fingerprint density at radius 1 is 1.37 bits per heavy atom. The van der Waals surface area contributed by atoms with E-state index < -0.39 is 0 Å². The minimum atomic E-state index is 0.446. The van der Waals surface area contributed by atoms with E-state index in [4.69, 9.17) is 18.0 Å². The van der Waals surface area contributed by atoms with E-state index in [1.54, 1.807) is 11.3 Å².